The molecule has 0 aliphatic heterocycles. The van der Waals surface area contributed by atoms with E-state index in [4.69, 9.17) is 17.2 Å². The van der Waals surface area contributed by atoms with Gasteiger partial charge in [-0.25, -0.2) is 4.99 Å². The molecule has 1 aromatic rings. The molecular formula is C11H15N7O2. The summed E-state index contributed by atoms with van der Waals surface area (Å²) in [6.07, 6.45) is 1.59. The molecule has 0 aliphatic carbocycles. The lowest BCUT2D eigenvalue weighted by atomic mass is 10.2. The molecule has 9 nitrogen and oxygen atoms in total. The maximum absolute atomic E-state index is 11.0. The normalized spacial score (nSPS) is 10.7. The molecule has 1 aromatic carbocycles. The largest absolute Gasteiger partial charge is 0.376 e. The highest BCUT2D eigenvalue weighted by Gasteiger charge is 2.14. The Morgan fingerprint density at radius 1 is 1.45 bits per heavy atom. The van der Waals surface area contributed by atoms with Crippen molar-refractivity contribution in [1.29, 1.82) is 0 Å². The van der Waals surface area contributed by atoms with Crippen LogP contribution in [0, 0.1) is 10.1 Å². The fraction of sp³-hybridized carbons (Fsp3) is 0.0909. The van der Waals surface area contributed by atoms with Gasteiger partial charge in [-0.2, -0.15) is 4.99 Å². The molecule has 106 valence electrons. The number of aliphatic imine (C=N–C) groups is 2. The van der Waals surface area contributed by atoms with E-state index >= 15 is 0 Å². The average molecular weight is 277 g/mol. The second kappa shape index (κ2) is 6.73. The zero-order valence-electron chi connectivity index (χ0n) is 10.6. The summed E-state index contributed by atoms with van der Waals surface area (Å²) in [4.78, 5) is 17.8. The maximum atomic E-state index is 11.0. The Balaban J connectivity index is 3.13. The molecule has 7 N–H and O–H groups in total. The number of nitro benzene ring substituents is 1. The number of anilines is 1. The van der Waals surface area contributed by atoms with Crippen molar-refractivity contribution in [2.24, 2.45) is 27.2 Å². The molecule has 0 bridgehead atoms. The topological polar surface area (TPSA) is 158 Å². The van der Waals surface area contributed by atoms with Crippen molar-refractivity contribution in [3.05, 3.63) is 41.0 Å². The Labute approximate surface area is 115 Å². The highest BCUT2D eigenvalue weighted by molar-refractivity contribution is 5.93. The second-order valence-electron chi connectivity index (χ2n) is 3.63. The monoisotopic (exact) mass is 277 g/mol. The predicted molar refractivity (Wildman–Crippen MR) is 78.9 cm³/mol. The molecule has 0 spiro atoms. The molecular weight excluding hydrogens is 262 g/mol. The van der Waals surface area contributed by atoms with Crippen molar-refractivity contribution in [2.75, 3.05) is 11.9 Å². The van der Waals surface area contributed by atoms with E-state index in [0.29, 0.717) is 12.2 Å². The lowest BCUT2D eigenvalue weighted by Gasteiger charge is -2.05. The maximum Gasteiger partial charge on any atom is 0.294 e. The summed E-state index contributed by atoms with van der Waals surface area (Å²) in [6.45, 7) is 3.93. The average Bonchev–Trinajstić information content (AvgIpc) is 2.35. The van der Waals surface area contributed by atoms with Crippen LogP contribution in [0.2, 0.25) is 0 Å². The Morgan fingerprint density at radius 3 is 2.70 bits per heavy atom. The molecule has 0 unspecified atom stereocenters. The van der Waals surface area contributed by atoms with Crippen molar-refractivity contribution >= 4 is 29.0 Å². The van der Waals surface area contributed by atoms with Crippen LogP contribution in [0.5, 0.6) is 0 Å². The van der Waals surface area contributed by atoms with Crippen LogP contribution in [0.15, 0.2) is 40.8 Å². The molecule has 0 saturated carbocycles. The predicted octanol–water partition coefficient (Wildman–Crippen LogP) is 0.412. The van der Waals surface area contributed by atoms with Gasteiger partial charge in [0.1, 0.15) is 5.69 Å². The van der Waals surface area contributed by atoms with E-state index in [2.05, 4.69) is 21.9 Å². The molecule has 1 rings (SSSR count). The van der Waals surface area contributed by atoms with E-state index in [0.717, 1.165) is 0 Å². The van der Waals surface area contributed by atoms with Crippen LogP contribution in [0.25, 0.3) is 0 Å². The Bertz CT molecular complexity index is 576. The molecule has 0 heterocycles. The van der Waals surface area contributed by atoms with Crippen LogP contribution in [-0.2, 0) is 0 Å². The van der Waals surface area contributed by atoms with Crippen LogP contribution >= 0.6 is 0 Å². The summed E-state index contributed by atoms with van der Waals surface area (Å²) >= 11 is 0. The number of rotatable bonds is 5. The number of nitrogens with zero attached hydrogens (tertiary/aromatic N) is 3. The quantitative estimate of drug-likeness (QED) is 0.200. The van der Waals surface area contributed by atoms with Crippen LogP contribution in [0.3, 0.4) is 0 Å². The van der Waals surface area contributed by atoms with Gasteiger partial charge in [-0.3, -0.25) is 10.1 Å². The van der Waals surface area contributed by atoms with Crippen LogP contribution in [0.4, 0.5) is 17.1 Å². The van der Waals surface area contributed by atoms with Gasteiger partial charge in [0.05, 0.1) is 10.6 Å². The van der Waals surface area contributed by atoms with E-state index in [1.807, 2.05) is 0 Å². The molecule has 0 fully saturated rings. The van der Waals surface area contributed by atoms with Gasteiger partial charge in [0.2, 0.25) is 5.96 Å². The molecule has 0 aliphatic rings. The van der Waals surface area contributed by atoms with E-state index in [1.165, 1.54) is 12.1 Å². The number of benzene rings is 1. The zero-order valence-corrected chi connectivity index (χ0v) is 10.6. The second-order valence-corrected chi connectivity index (χ2v) is 3.63. The van der Waals surface area contributed by atoms with Crippen molar-refractivity contribution in [2.45, 2.75) is 0 Å². The molecule has 0 amide bonds. The molecule has 20 heavy (non-hydrogen) atoms. The Morgan fingerprint density at radius 2 is 2.15 bits per heavy atom. The lowest BCUT2D eigenvalue weighted by molar-refractivity contribution is -0.383. The summed E-state index contributed by atoms with van der Waals surface area (Å²) in [5.41, 5.74) is 16.2. The van der Waals surface area contributed by atoms with Gasteiger partial charge in [0.15, 0.2) is 5.96 Å². The zero-order chi connectivity index (χ0) is 15.1. The van der Waals surface area contributed by atoms with Gasteiger partial charge in [0, 0.05) is 12.6 Å². The number of nitrogens with two attached hydrogens (primary N) is 3. The highest BCUT2D eigenvalue weighted by Crippen LogP contribution is 2.29. The minimum Gasteiger partial charge on any atom is -0.376 e. The van der Waals surface area contributed by atoms with E-state index in [9.17, 15) is 10.1 Å². The molecule has 0 atom stereocenters. The smallest absolute Gasteiger partial charge is 0.294 e. The first-order valence-electron chi connectivity index (χ1n) is 5.51. The van der Waals surface area contributed by atoms with Gasteiger partial charge in [0.25, 0.3) is 5.69 Å². The summed E-state index contributed by atoms with van der Waals surface area (Å²) in [5.74, 6) is -0.434. The number of nitro groups is 1. The third-order valence-electron chi connectivity index (χ3n) is 2.10. The first kappa shape index (κ1) is 15.0. The molecule has 0 saturated heterocycles. The minimum atomic E-state index is -0.527. The number of guanidine groups is 2. The first-order chi connectivity index (χ1) is 9.43. The summed E-state index contributed by atoms with van der Waals surface area (Å²) in [7, 11) is 0. The van der Waals surface area contributed by atoms with Gasteiger partial charge in [-0.05, 0) is 12.1 Å². The fourth-order valence-electron chi connectivity index (χ4n) is 1.36. The number of nitrogens with one attached hydrogen (secondary N) is 1. The van der Waals surface area contributed by atoms with Gasteiger partial charge >= 0.3 is 0 Å². The summed E-state index contributed by atoms with van der Waals surface area (Å²) in [5, 5.41) is 13.8. The van der Waals surface area contributed by atoms with E-state index in [1.54, 1.807) is 12.1 Å². The lowest BCUT2D eigenvalue weighted by Crippen LogP contribution is -2.26. The van der Waals surface area contributed by atoms with Gasteiger partial charge in [-0.15, -0.1) is 6.58 Å². The third-order valence-corrected chi connectivity index (χ3v) is 2.10. The van der Waals surface area contributed by atoms with Crippen molar-refractivity contribution in [3.63, 3.8) is 0 Å². The minimum absolute atomic E-state index is 0.134. The third kappa shape index (κ3) is 4.29. The van der Waals surface area contributed by atoms with E-state index in [-0.39, 0.29) is 23.3 Å². The van der Waals surface area contributed by atoms with Crippen molar-refractivity contribution in [3.8, 4) is 0 Å². The Kier molecular flexibility index (Phi) is 5.03. The Hall–Kier alpha value is -3.10. The SMILES string of the molecule is C=CCNc1ccc(N=C(N)N=C(N)N)cc1[N+](=O)[O-]. The van der Waals surface area contributed by atoms with Crippen molar-refractivity contribution in [1.82, 2.24) is 0 Å². The van der Waals surface area contributed by atoms with Crippen LogP contribution in [0.1, 0.15) is 0 Å². The molecule has 0 aromatic heterocycles. The standard InChI is InChI=1S/C11H15N7O2/c1-2-5-15-8-4-3-7(6-9(8)18(19)20)16-11(14)17-10(12)13/h2-4,6,15H,1,5H2,(H6,12,13,14,16,17). The highest BCUT2D eigenvalue weighted by atomic mass is 16.6. The van der Waals surface area contributed by atoms with Gasteiger partial charge < -0.3 is 22.5 Å². The van der Waals surface area contributed by atoms with Crippen LogP contribution in [-0.4, -0.2) is 23.4 Å². The van der Waals surface area contributed by atoms with Crippen molar-refractivity contribution < 1.29 is 4.92 Å². The first-order valence-corrected chi connectivity index (χ1v) is 5.51. The van der Waals surface area contributed by atoms with Gasteiger partial charge in [-0.1, -0.05) is 6.08 Å². The van der Waals surface area contributed by atoms with E-state index < -0.39 is 4.92 Å². The number of hydrogen-bond acceptors (Lipinski definition) is 4. The summed E-state index contributed by atoms with van der Waals surface area (Å²) in [6, 6.07) is 4.33. The summed E-state index contributed by atoms with van der Waals surface area (Å²) < 4.78 is 0. The fourth-order valence-corrected chi connectivity index (χ4v) is 1.36. The molecule has 9 heteroatoms. The number of hydrogen-bond donors (Lipinski definition) is 4. The van der Waals surface area contributed by atoms with Crippen LogP contribution < -0.4 is 22.5 Å². The molecule has 0 radical (unpaired) electrons.